The summed E-state index contributed by atoms with van der Waals surface area (Å²) in [5.74, 6) is -0.452. The first kappa shape index (κ1) is 21.9. The summed E-state index contributed by atoms with van der Waals surface area (Å²) in [5, 5.41) is 7.42. The Hall–Kier alpha value is -3.27. The highest BCUT2D eigenvalue weighted by Crippen LogP contribution is 2.36. The number of nitrogens with zero attached hydrogens (tertiary/aromatic N) is 3. The van der Waals surface area contributed by atoms with E-state index in [-0.39, 0.29) is 24.9 Å². The monoisotopic (exact) mass is 466 g/mol. The van der Waals surface area contributed by atoms with Crippen molar-refractivity contribution < 1.29 is 22.7 Å². The number of nitrogens with one attached hydrogen (secondary N) is 1. The molecule has 1 saturated carbocycles. The molecule has 168 valence electrons. The summed E-state index contributed by atoms with van der Waals surface area (Å²) in [6.45, 7) is -0.363. The molecule has 1 aliphatic rings. The molecule has 1 aliphatic carbocycles. The van der Waals surface area contributed by atoms with Gasteiger partial charge in [0.1, 0.15) is 12.3 Å². The normalized spacial score (nSPS) is 13.8. The van der Waals surface area contributed by atoms with Crippen LogP contribution in [0.1, 0.15) is 24.4 Å². The summed E-state index contributed by atoms with van der Waals surface area (Å²) in [6.07, 6.45) is -3.10. The van der Waals surface area contributed by atoms with Gasteiger partial charge in [0.05, 0.1) is 0 Å². The van der Waals surface area contributed by atoms with Gasteiger partial charge in [-0.15, -0.1) is 18.3 Å². The number of aromatic nitrogens is 3. The van der Waals surface area contributed by atoms with Gasteiger partial charge in [0.15, 0.2) is 5.82 Å². The van der Waals surface area contributed by atoms with Crippen molar-refractivity contribution in [3.63, 3.8) is 0 Å². The van der Waals surface area contributed by atoms with Crippen molar-refractivity contribution in [2.45, 2.75) is 38.3 Å². The molecule has 11 heteroatoms. The number of carbonyl (C=O) groups excluding carboxylic acids is 1. The van der Waals surface area contributed by atoms with E-state index in [9.17, 15) is 22.8 Å². The van der Waals surface area contributed by atoms with Crippen molar-refractivity contribution in [1.82, 2.24) is 19.7 Å². The van der Waals surface area contributed by atoms with Crippen molar-refractivity contribution in [3.05, 3.63) is 69.6 Å². The SMILES string of the molecule is O=C(Cn1nc(-c2cccc(Cl)c2)n(C2CC2)c1=O)NCc1cccc(OC(F)(F)F)c1. The van der Waals surface area contributed by atoms with Crippen LogP contribution in [-0.2, 0) is 17.9 Å². The number of alkyl halides is 3. The number of ether oxygens (including phenoxy) is 1. The van der Waals surface area contributed by atoms with Gasteiger partial charge in [-0.2, -0.15) is 0 Å². The van der Waals surface area contributed by atoms with E-state index in [2.05, 4.69) is 15.2 Å². The molecule has 1 amide bonds. The van der Waals surface area contributed by atoms with E-state index in [1.165, 1.54) is 18.2 Å². The van der Waals surface area contributed by atoms with Crippen LogP contribution in [0.15, 0.2) is 53.3 Å². The first-order chi connectivity index (χ1) is 15.2. The standard InChI is InChI=1S/C21H18ClF3N4O3/c22-15-5-2-4-14(10-15)19-27-28(20(31)29(19)16-7-8-16)12-18(30)26-11-13-3-1-6-17(9-13)32-21(23,24)25/h1-6,9-10,16H,7-8,11-12H2,(H,26,30). The highest BCUT2D eigenvalue weighted by atomic mass is 35.5. The Labute approximate surface area is 185 Å². The van der Waals surface area contributed by atoms with Gasteiger partial charge < -0.3 is 10.1 Å². The predicted octanol–water partition coefficient (Wildman–Crippen LogP) is 3.92. The van der Waals surface area contributed by atoms with Gasteiger partial charge in [-0.25, -0.2) is 9.48 Å². The lowest BCUT2D eigenvalue weighted by atomic mass is 10.2. The molecular weight excluding hydrogens is 449 g/mol. The van der Waals surface area contributed by atoms with Crippen LogP contribution in [-0.4, -0.2) is 26.6 Å². The maximum absolute atomic E-state index is 12.8. The van der Waals surface area contributed by atoms with Crippen molar-refractivity contribution in [1.29, 1.82) is 0 Å². The van der Waals surface area contributed by atoms with Crippen LogP contribution in [0.3, 0.4) is 0 Å². The zero-order valence-electron chi connectivity index (χ0n) is 16.6. The number of carbonyl (C=O) groups is 1. The molecule has 0 atom stereocenters. The average molecular weight is 467 g/mol. The Morgan fingerprint density at radius 2 is 1.94 bits per heavy atom. The first-order valence-electron chi connectivity index (χ1n) is 9.76. The quantitative estimate of drug-likeness (QED) is 0.572. The summed E-state index contributed by atoms with van der Waals surface area (Å²) < 4.78 is 43.6. The highest BCUT2D eigenvalue weighted by molar-refractivity contribution is 6.30. The summed E-state index contributed by atoms with van der Waals surface area (Å²) in [6, 6.07) is 12.3. The average Bonchev–Trinajstić information content (AvgIpc) is 3.50. The van der Waals surface area contributed by atoms with Gasteiger partial charge in [-0.1, -0.05) is 35.9 Å². The third-order valence-electron chi connectivity index (χ3n) is 4.78. The van der Waals surface area contributed by atoms with Gasteiger partial charge >= 0.3 is 12.1 Å². The molecule has 32 heavy (non-hydrogen) atoms. The second-order valence-corrected chi connectivity index (χ2v) is 7.78. The molecule has 4 rings (SSSR count). The molecule has 1 aromatic heterocycles. The lowest BCUT2D eigenvalue weighted by Gasteiger charge is -2.10. The van der Waals surface area contributed by atoms with E-state index in [0.717, 1.165) is 17.5 Å². The molecule has 1 heterocycles. The summed E-state index contributed by atoms with van der Waals surface area (Å²) >= 11 is 6.06. The van der Waals surface area contributed by atoms with E-state index in [1.807, 2.05) is 0 Å². The van der Waals surface area contributed by atoms with Crippen molar-refractivity contribution >= 4 is 17.5 Å². The Morgan fingerprint density at radius 3 is 2.62 bits per heavy atom. The fraction of sp³-hybridized carbons (Fsp3) is 0.286. The zero-order valence-corrected chi connectivity index (χ0v) is 17.4. The Morgan fingerprint density at radius 1 is 1.19 bits per heavy atom. The Balaban J connectivity index is 1.47. The van der Waals surface area contributed by atoms with Gasteiger partial charge in [-0.05, 0) is 42.7 Å². The fourth-order valence-electron chi connectivity index (χ4n) is 3.25. The van der Waals surface area contributed by atoms with Crippen molar-refractivity contribution in [3.8, 4) is 17.1 Å². The molecule has 0 saturated heterocycles. The van der Waals surface area contributed by atoms with E-state index in [0.29, 0.717) is 22.0 Å². The van der Waals surface area contributed by atoms with Crippen LogP contribution in [0, 0.1) is 0 Å². The fourth-order valence-corrected chi connectivity index (χ4v) is 3.44. The minimum absolute atomic E-state index is 0.0321. The Kier molecular flexibility index (Phi) is 5.96. The van der Waals surface area contributed by atoms with Crippen molar-refractivity contribution in [2.75, 3.05) is 0 Å². The van der Waals surface area contributed by atoms with Crippen LogP contribution in [0.25, 0.3) is 11.4 Å². The molecule has 1 fully saturated rings. The molecule has 1 N–H and O–H groups in total. The summed E-state index contributed by atoms with van der Waals surface area (Å²) in [4.78, 5) is 25.2. The topological polar surface area (TPSA) is 78.2 Å². The van der Waals surface area contributed by atoms with Crippen LogP contribution >= 0.6 is 11.6 Å². The Bertz CT molecular complexity index is 1200. The van der Waals surface area contributed by atoms with Crippen LogP contribution in [0.5, 0.6) is 5.75 Å². The lowest BCUT2D eigenvalue weighted by Crippen LogP contribution is -2.33. The van der Waals surface area contributed by atoms with Crippen LogP contribution < -0.4 is 15.7 Å². The third kappa shape index (κ3) is 5.31. The minimum atomic E-state index is -4.80. The van der Waals surface area contributed by atoms with E-state index in [4.69, 9.17) is 11.6 Å². The molecule has 0 bridgehead atoms. The maximum atomic E-state index is 12.8. The van der Waals surface area contributed by atoms with E-state index >= 15 is 0 Å². The molecule has 3 aromatic rings. The molecular formula is C21H18ClF3N4O3. The largest absolute Gasteiger partial charge is 0.573 e. The van der Waals surface area contributed by atoms with Crippen LogP contribution in [0.4, 0.5) is 13.2 Å². The molecule has 7 nitrogen and oxygen atoms in total. The van der Waals surface area contributed by atoms with E-state index < -0.39 is 18.0 Å². The summed E-state index contributed by atoms with van der Waals surface area (Å²) in [7, 11) is 0. The van der Waals surface area contributed by atoms with Crippen molar-refractivity contribution in [2.24, 2.45) is 0 Å². The predicted molar refractivity (Wildman–Crippen MR) is 110 cm³/mol. The van der Waals surface area contributed by atoms with Crippen LogP contribution in [0.2, 0.25) is 5.02 Å². The molecule has 2 aromatic carbocycles. The summed E-state index contributed by atoms with van der Waals surface area (Å²) in [5.41, 5.74) is 0.677. The number of hydrogen-bond acceptors (Lipinski definition) is 4. The molecule has 0 radical (unpaired) electrons. The minimum Gasteiger partial charge on any atom is -0.406 e. The number of benzene rings is 2. The van der Waals surface area contributed by atoms with Gasteiger partial charge in [-0.3, -0.25) is 9.36 Å². The van der Waals surface area contributed by atoms with Gasteiger partial charge in [0.25, 0.3) is 0 Å². The zero-order chi connectivity index (χ0) is 22.9. The number of halogens is 4. The number of hydrogen-bond donors (Lipinski definition) is 1. The van der Waals surface area contributed by atoms with Gasteiger partial charge in [0.2, 0.25) is 5.91 Å². The first-order valence-corrected chi connectivity index (χ1v) is 10.1. The smallest absolute Gasteiger partial charge is 0.406 e. The number of rotatable bonds is 7. The second kappa shape index (κ2) is 8.70. The van der Waals surface area contributed by atoms with E-state index in [1.54, 1.807) is 34.9 Å². The lowest BCUT2D eigenvalue weighted by molar-refractivity contribution is -0.274. The second-order valence-electron chi connectivity index (χ2n) is 7.35. The third-order valence-corrected chi connectivity index (χ3v) is 5.02. The van der Waals surface area contributed by atoms with Gasteiger partial charge in [0, 0.05) is 23.2 Å². The molecule has 0 unspecified atom stereocenters. The number of amides is 1. The molecule has 0 aliphatic heterocycles. The maximum Gasteiger partial charge on any atom is 0.573 e. The molecule has 0 spiro atoms. The highest BCUT2D eigenvalue weighted by Gasteiger charge is 2.32.